The average Bonchev–Trinajstić information content (AvgIpc) is 2.20. The van der Waals surface area contributed by atoms with Gasteiger partial charge in [-0.05, 0) is 0 Å². The number of rotatable bonds is 3. The van der Waals surface area contributed by atoms with Crippen LogP contribution in [0.5, 0.6) is 0 Å². The molecule has 0 aliphatic rings. The van der Waals surface area contributed by atoms with Crippen LogP contribution in [0.15, 0.2) is 21.9 Å². The SMILES string of the molecule is NOC(=O)C(Br)Cn1ccc(=O)[nH]c1=O. The predicted octanol–water partition coefficient (Wildman–Crippen LogP) is -1.28. The Morgan fingerprint density at radius 2 is 2.33 bits per heavy atom. The third-order valence-corrected chi connectivity index (χ3v) is 2.29. The van der Waals surface area contributed by atoms with Crippen molar-refractivity contribution in [1.29, 1.82) is 0 Å². The molecule has 0 radical (unpaired) electrons. The van der Waals surface area contributed by atoms with Gasteiger partial charge in [0.25, 0.3) is 5.56 Å². The Bertz CT molecular complexity index is 466. The number of aromatic nitrogens is 2. The van der Waals surface area contributed by atoms with E-state index in [-0.39, 0.29) is 6.54 Å². The van der Waals surface area contributed by atoms with Gasteiger partial charge in [-0.2, -0.15) is 5.90 Å². The zero-order valence-corrected chi connectivity index (χ0v) is 9.06. The molecule has 8 heteroatoms. The van der Waals surface area contributed by atoms with Crippen molar-refractivity contribution < 1.29 is 9.63 Å². The van der Waals surface area contributed by atoms with Crippen molar-refractivity contribution in [3.05, 3.63) is 33.1 Å². The lowest BCUT2D eigenvalue weighted by molar-refractivity contribution is -0.143. The molecule has 1 heterocycles. The molecule has 0 saturated carbocycles. The number of carbonyl (C=O) groups is 1. The van der Waals surface area contributed by atoms with E-state index in [1.165, 1.54) is 12.3 Å². The molecule has 0 aromatic carbocycles. The Morgan fingerprint density at radius 1 is 1.67 bits per heavy atom. The van der Waals surface area contributed by atoms with Crippen molar-refractivity contribution in [2.24, 2.45) is 5.90 Å². The molecule has 1 atom stereocenters. The second-order valence-corrected chi connectivity index (χ2v) is 3.77. The molecule has 0 fully saturated rings. The number of alkyl halides is 1. The van der Waals surface area contributed by atoms with Crippen LogP contribution in [0.25, 0.3) is 0 Å². The van der Waals surface area contributed by atoms with Gasteiger partial charge in [-0.25, -0.2) is 9.59 Å². The van der Waals surface area contributed by atoms with Crippen molar-refractivity contribution in [1.82, 2.24) is 9.55 Å². The van der Waals surface area contributed by atoms with E-state index < -0.39 is 22.0 Å². The normalized spacial score (nSPS) is 12.1. The van der Waals surface area contributed by atoms with E-state index in [9.17, 15) is 14.4 Å². The van der Waals surface area contributed by atoms with Crippen molar-refractivity contribution in [2.75, 3.05) is 0 Å². The summed E-state index contributed by atoms with van der Waals surface area (Å²) >= 11 is 2.99. The third kappa shape index (κ3) is 3.03. The molecule has 0 amide bonds. The smallest absolute Gasteiger partial charge is 0.340 e. The van der Waals surface area contributed by atoms with Crippen LogP contribution in [0.3, 0.4) is 0 Å². The highest BCUT2D eigenvalue weighted by Crippen LogP contribution is 2.02. The molecule has 1 rings (SSSR count). The van der Waals surface area contributed by atoms with Gasteiger partial charge in [0.05, 0.1) is 6.54 Å². The average molecular weight is 278 g/mol. The quantitative estimate of drug-likeness (QED) is 0.529. The fourth-order valence-corrected chi connectivity index (χ4v) is 1.33. The fourth-order valence-electron chi connectivity index (χ4n) is 0.909. The monoisotopic (exact) mass is 277 g/mol. The number of nitrogens with zero attached hydrogens (tertiary/aromatic N) is 1. The summed E-state index contributed by atoms with van der Waals surface area (Å²) in [5.41, 5.74) is -1.10. The summed E-state index contributed by atoms with van der Waals surface area (Å²) in [7, 11) is 0. The van der Waals surface area contributed by atoms with Crippen LogP contribution in [0, 0.1) is 0 Å². The first-order valence-electron chi connectivity index (χ1n) is 3.89. The van der Waals surface area contributed by atoms with E-state index in [1.807, 2.05) is 4.98 Å². The molecule has 0 aliphatic carbocycles. The predicted molar refractivity (Wildman–Crippen MR) is 54.3 cm³/mol. The summed E-state index contributed by atoms with van der Waals surface area (Å²) in [5, 5.41) is 0. The van der Waals surface area contributed by atoms with Crippen molar-refractivity contribution in [3.63, 3.8) is 0 Å². The summed E-state index contributed by atoms with van der Waals surface area (Å²) in [6.45, 7) is 0.0195. The summed E-state index contributed by atoms with van der Waals surface area (Å²) in [6, 6.07) is 1.18. The van der Waals surface area contributed by atoms with Crippen LogP contribution in [-0.4, -0.2) is 20.3 Å². The summed E-state index contributed by atoms with van der Waals surface area (Å²) in [4.78, 5) is 38.1. The Kier molecular flexibility index (Phi) is 3.81. The lowest BCUT2D eigenvalue weighted by Crippen LogP contribution is -2.34. The molecule has 15 heavy (non-hydrogen) atoms. The number of hydrogen-bond donors (Lipinski definition) is 2. The number of halogens is 1. The number of H-pyrrole nitrogens is 1. The Hall–Kier alpha value is -1.41. The zero-order valence-electron chi connectivity index (χ0n) is 7.47. The number of nitrogens with one attached hydrogen (secondary N) is 1. The van der Waals surface area contributed by atoms with Crippen LogP contribution < -0.4 is 17.1 Å². The number of nitrogens with two attached hydrogens (primary N) is 1. The molecular weight excluding hydrogens is 270 g/mol. The Morgan fingerprint density at radius 3 is 2.87 bits per heavy atom. The summed E-state index contributed by atoms with van der Waals surface area (Å²) in [6.07, 6.45) is 1.28. The van der Waals surface area contributed by atoms with Gasteiger partial charge < -0.3 is 4.84 Å². The third-order valence-electron chi connectivity index (χ3n) is 1.63. The molecule has 7 nitrogen and oxygen atoms in total. The second-order valence-electron chi connectivity index (χ2n) is 2.67. The van der Waals surface area contributed by atoms with Gasteiger partial charge in [-0.3, -0.25) is 14.3 Å². The van der Waals surface area contributed by atoms with Gasteiger partial charge >= 0.3 is 11.7 Å². The molecule has 1 aromatic heterocycles. The second kappa shape index (κ2) is 4.89. The van der Waals surface area contributed by atoms with Gasteiger partial charge in [0, 0.05) is 12.3 Å². The lowest BCUT2D eigenvalue weighted by atomic mass is 10.4. The Labute approximate surface area is 91.9 Å². The zero-order chi connectivity index (χ0) is 11.4. The van der Waals surface area contributed by atoms with Gasteiger partial charge in [0.15, 0.2) is 0 Å². The first-order valence-corrected chi connectivity index (χ1v) is 4.80. The first kappa shape index (κ1) is 11.7. The molecule has 82 valence electrons. The van der Waals surface area contributed by atoms with Crippen molar-refractivity contribution in [2.45, 2.75) is 11.4 Å². The molecule has 3 N–H and O–H groups in total. The fraction of sp³-hybridized carbons (Fsp3) is 0.286. The van der Waals surface area contributed by atoms with Crippen LogP contribution in [0.4, 0.5) is 0 Å². The first-order chi connectivity index (χ1) is 7.04. The van der Waals surface area contributed by atoms with E-state index >= 15 is 0 Å². The minimum absolute atomic E-state index is 0.0195. The van der Waals surface area contributed by atoms with E-state index in [0.29, 0.717) is 0 Å². The lowest BCUT2D eigenvalue weighted by Gasteiger charge is -2.08. The highest BCUT2D eigenvalue weighted by molar-refractivity contribution is 9.10. The maximum absolute atomic E-state index is 11.2. The number of aromatic amines is 1. The molecule has 0 bridgehead atoms. The molecular formula is C7H8BrN3O4. The van der Waals surface area contributed by atoms with Gasteiger partial charge in [-0.15, -0.1) is 0 Å². The van der Waals surface area contributed by atoms with E-state index in [1.54, 1.807) is 0 Å². The molecule has 0 spiro atoms. The Balaban J connectivity index is 2.86. The van der Waals surface area contributed by atoms with Gasteiger partial charge in [0.2, 0.25) is 0 Å². The highest BCUT2D eigenvalue weighted by atomic mass is 79.9. The highest BCUT2D eigenvalue weighted by Gasteiger charge is 2.16. The minimum Gasteiger partial charge on any atom is -0.372 e. The van der Waals surface area contributed by atoms with Crippen LogP contribution in [0.2, 0.25) is 0 Å². The minimum atomic E-state index is -0.744. The summed E-state index contributed by atoms with van der Waals surface area (Å²) < 4.78 is 1.15. The molecule has 1 unspecified atom stereocenters. The number of carbonyl (C=O) groups excluding carboxylic acids is 1. The number of hydrogen-bond acceptors (Lipinski definition) is 5. The maximum Gasteiger partial charge on any atom is 0.340 e. The van der Waals surface area contributed by atoms with Crippen LogP contribution >= 0.6 is 15.9 Å². The van der Waals surface area contributed by atoms with Crippen molar-refractivity contribution >= 4 is 21.9 Å². The molecule has 0 aliphatic heterocycles. The largest absolute Gasteiger partial charge is 0.372 e. The standard InChI is InChI=1S/C7H8BrN3O4/c8-4(6(13)15-9)3-11-2-1-5(12)10-7(11)14/h1-2,4H,3,9H2,(H,10,12,14). The van der Waals surface area contributed by atoms with Crippen LogP contribution in [-0.2, 0) is 16.2 Å². The molecule has 1 aromatic rings. The van der Waals surface area contributed by atoms with E-state index in [0.717, 1.165) is 4.57 Å². The van der Waals surface area contributed by atoms with E-state index in [4.69, 9.17) is 0 Å². The van der Waals surface area contributed by atoms with Crippen LogP contribution in [0.1, 0.15) is 0 Å². The molecule has 0 saturated heterocycles. The van der Waals surface area contributed by atoms with Gasteiger partial charge in [-0.1, -0.05) is 15.9 Å². The van der Waals surface area contributed by atoms with E-state index in [2.05, 4.69) is 26.7 Å². The van der Waals surface area contributed by atoms with Crippen molar-refractivity contribution in [3.8, 4) is 0 Å². The maximum atomic E-state index is 11.2. The summed E-state index contributed by atoms with van der Waals surface area (Å²) in [5.74, 6) is 3.96. The van der Waals surface area contributed by atoms with Gasteiger partial charge in [0.1, 0.15) is 4.83 Å². The topological polar surface area (TPSA) is 107 Å².